The van der Waals surface area contributed by atoms with E-state index in [1.54, 1.807) is 20.8 Å². The van der Waals surface area contributed by atoms with Crippen molar-refractivity contribution in [2.45, 2.75) is 288 Å². The molecule has 2 amide bonds. The van der Waals surface area contributed by atoms with Crippen LogP contribution in [0.5, 0.6) is 0 Å². The normalized spacial score (nSPS) is 25.7. The Labute approximate surface area is 610 Å². The van der Waals surface area contributed by atoms with Gasteiger partial charge in [0.2, 0.25) is 11.8 Å². The van der Waals surface area contributed by atoms with Gasteiger partial charge in [0.05, 0.1) is 91.0 Å². The van der Waals surface area contributed by atoms with Crippen molar-refractivity contribution in [2.24, 2.45) is 23.2 Å². The first-order valence-corrected chi connectivity index (χ1v) is 38.3. The molecule has 0 aromatic heterocycles. The van der Waals surface area contributed by atoms with E-state index in [-0.39, 0.29) is 145 Å². The Balaban J connectivity index is 1.51. The molecule has 3 fully saturated rings. The molecule has 15 atom stereocenters. The molecule has 0 aliphatic carbocycles. The monoisotopic (exact) mass is 1480 g/mol. The predicted octanol–water partition coefficient (Wildman–Crippen LogP) is 3.74. The Morgan fingerprint density at radius 1 is 0.330 bits per heavy atom. The molecule has 3 aliphatic heterocycles. The second-order valence-electron chi connectivity index (χ2n) is 28.2. The Kier molecular flexibility index (Phi) is 51.6. The zero-order valence-electron chi connectivity index (χ0n) is 62.3. The van der Waals surface area contributed by atoms with Gasteiger partial charge < -0.3 is 109 Å². The third-order valence-electron chi connectivity index (χ3n) is 19.1. The topological polar surface area (TPSA) is 427 Å². The Hall–Kier alpha value is -3.51. The molecule has 0 saturated carbocycles. The van der Waals surface area contributed by atoms with Crippen LogP contribution in [0.15, 0.2) is 0 Å². The fourth-order valence-electron chi connectivity index (χ4n) is 12.3. The van der Waals surface area contributed by atoms with E-state index in [0.717, 1.165) is 19.3 Å². The number of aliphatic hydroxyl groups is 9. The van der Waals surface area contributed by atoms with E-state index in [2.05, 4.69) is 17.6 Å². The zero-order valence-corrected chi connectivity index (χ0v) is 62.3. The first-order chi connectivity index (χ1) is 49.6. The molecule has 0 bridgehead atoms. The summed E-state index contributed by atoms with van der Waals surface area (Å²) in [7, 11) is 0. The van der Waals surface area contributed by atoms with Gasteiger partial charge >= 0.3 is 0 Å². The summed E-state index contributed by atoms with van der Waals surface area (Å²) in [5.41, 5.74) is -1.08. The second-order valence-corrected chi connectivity index (χ2v) is 28.2. The number of aliphatic hydroxyl groups excluding tert-OH is 9. The van der Waals surface area contributed by atoms with Crippen LogP contribution in [0.4, 0.5) is 0 Å². The molecule has 600 valence electrons. The van der Waals surface area contributed by atoms with Crippen LogP contribution in [0.1, 0.15) is 214 Å². The molecule has 0 aromatic carbocycles. The summed E-state index contributed by atoms with van der Waals surface area (Å²) in [5.74, 6) is -1.94. The van der Waals surface area contributed by atoms with Crippen molar-refractivity contribution in [1.82, 2.24) is 10.6 Å². The van der Waals surface area contributed by atoms with Crippen molar-refractivity contribution in [2.75, 3.05) is 119 Å². The minimum absolute atomic E-state index is 0.0186. The van der Waals surface area contributed by atoms with Gasteiger partial charge in [-0.05, 0) is 83.5 Å². The molecular formula is C74H132N2O27. The number of ether oxygens (including phenoxy) is 11. The number of nitrogens with one attached hydrogen (secondary N) is 2. The van der Waals surface area contributed by atoms with E-state index in [4.69, 9.17) is 52.1 Å². The maximum atomic E-state index is 13.9. The molecule has 0 aromatic rings. The quantitative estimate of drug-likeness (QED) is 0.0386. The van der Waals surface area contributed by atoms with Crippen molar-refractivity contribution in [3.63, 3.8) is 0 Å². The third-order valence-corrected chi connectivity index (χ3v) is 19.1. The Morgan fingerprint density at radius 3 is 1.03 bits per heavy atom. The minimum atomic E-state index is -1.22. The van der Waals surface area contributed by atoms with Crippen LogP contribution in [0.3, 0.4) is 0 Å². The van der Waals surface area contributed by atoms with Gasteiger partial charge in [0.1, 0.15) is 65.5 Å². The first-order valence-electron chi connectivity index (χ1n) is 38.3. The predicted molar refractivity (Wildman–Crippen MR) is 376 cm³/mol. The van der Waals surface area contributed by atoms with E-state index in [0.29, 0.717) is 161 Å². The summed E-state index contributed by atoms with van der Waals surface area (Å²) in [4.78, 5) is 91.1. The van der Waals surface area contributed by atoms with Crippen LogP contribution in [-0.4, -0.2) is 279 Å². The lowest BCUT2D eigenvalue weighted by Gasteiger charge is -2.40. The maximum Gasteiger partial charge on any atom is 0.222 e. The highest BCUT2D eigenvalue weighted by atomic mass is 16.7. The number of hydrogen-bond donors (Lipinski definition) is 11. The highest BCUT2D eigenvalue weighted by Gasteiger charge is 2.45. The molecule has 103 heavy (non-hydrogen) atoms. The summed E-state index contributed by atoms with van der Waals surface area (Å²) in [6, 6.07) is 0. The zero-order chi connectivity index (χ0) is 75.6. The SMILES string of the molecule is CCCCCOCCOCCCC(=O)CC(COCCC(=O)CCCCCC(=O)CCCCOC1OC(CO)C(O)C(O)C1C)(COCCC(=O)CCCCCC(=O)CCCCOC1OC(CO)C(O)C(O)C1C)COCCC(=O)NCCCNC(=O)CCCCOC1OC(CO)C(O)C(O)C1C. The second kappa shape index (κ2) is 56.7. The van der Waals surface area contributed by atoms with Gasteiger partial charge in [-0.25, -0.2) is 0 Å². The third kappa shape index (κ3) is 40.0. The van der Waals surface area contributed by atoms with E-state index in [1.807, 2.05) is 0 Å². The molecule has 3 saturated heterocycles. The average Bonchev–Trinajstić information content (AvgIpc) is 0.833. The maximum absolute atomic E-state index is 13.9. The van der Waals surface area contributed by atoms with E-state index >= 15 is 0 Å². The highest BCUT2D eigenvalue weighted by Crippen LogP contribution is 2.31. The fraction of sp³-hybridized carbons (Fsp3) is 0.905. The molecule has 15 unspecified atom stereocenters. The number of ketones is 5. The van der Waals surface area contributed by atoms with Crippen molar-refractivity contribution in [3.8, 4) is 0 Å². The van der Waals surface area contributed by atoms with Gasteiger partial charge in [0.15, 0.2) is 18.9 Å². The molecule has 0 spiro atoms. The molecule has 3 heterocycles. The molecule has 11 N–H and O–H groups in total. The smallest absolute Gasteiger partial charge is 0.222 e. The van der Waals surface area contributed by atoms with Gasteiger partial charge in [-0.15, -0.1) is 0 Å². The summed E-state index contributed by atoms with van der Waals surface area (Å²) in [5, 5.41) is 95.2. The van der Waals surface area contributed by atoms with Crippen molar-refractivity contribution in [3.05, 3.63) is 0 Å². The summed E-state index contributed by atoms with van der Waals surface area (Å²) in [6.07, 6.45) is 1.67. The first kappa shape index (κ1) is 93.7. The van der Waals surface area contributed by atoms with E-state index in [9.17, 15) is 79.5 Å². The summed E-state index contributed by atoms with van der Waals surface area (Å²) >= 11 is 0. The fourth-order valence-corrected chi connectivity index (χ4v) is 12.3. The molecular weight excluding hydrogens is 1350 g/mol. The Bertz CT molecular complexity index is 2070. The van der Waals surface area contributed by atoms with Gasteiger partial charge in [0.25, 0.3) is 0 Å². The van der Waals surface area contributed by atoms with Crippen LogP contribution in [0.2, 0.25) is 0 Å². The lowest BCUT2D eigenvalue weighted by molar-refractivity contribution is -0.282. The number of carbonyl (C=O) groups is 7. The largest absolute Gasteiger partial charge is 0.394 e. The standard InChI is InChI=1S/C74H132N2O27/c1-5-6-16-35-93-43-44-94-36-20-28-59(84)45-74(49-95-40-30-57(82)24-11-7-9-22-55(80)26-13-17-37-98-71-52(2)65(87)68(90)60(46-77)101-71,50-96-41-31-58(83)25-12-8-10-23-56(81)27-14-18-38-99-72-53(3)66(88)69(91)61(47-78)102-72)51-97-42-32-64(86)76-34-21-33-75-63(85)29-15-19-39-100-73-54(4)67(89)70(92)62(48-79)103-73/h52-54,60-62,65-73,77-79,87-92H,5-51H2,1-4H3,(H,75,85)(H,76,86). The lowest BCUT2D eigenvalue weighted by Crippen LogP contribution is -2.55. The lowest BCUT2D eigenvalue weighted by atomic mass is 9.84. The van der Waals surface area contributed by atoms with Crippen molar-refractivity contribution in [1.29, 1.82) is 0 Å². The van der Waals surface area contributed by atoms with Crippen LogP contribution < -0.4 is 10.6 Å². The van der Waals surface area contributed by atoms with Crippen LogP contribution >= 0.6 is 0 Å². The van der Waals surface area contributed by atoms with Crippen molar-refractivity contribution >= 4 is 40.7 Å². The van der Waals surface area contributed by atoms with E-state index < -0.39 is 117 Å². The van der Waals surface area contributed by atoms with Crippen molar-refractivity contribution < 1.29 is 132 Å². The van der Waals surface area contributed by atoms with Gasteiger partial charge in [-0.3, -0.25) is 33.6 Å². The molecule has 3 aliphatic rings. The number of Topliss-reactive ketones (excluding diaryl/α,β-unsaturated/α-hetero) is 5. The van der Waals surface area contributed by atoms with Gasteiger partial charge in [-0.2, -0.15) is 0 Å². The van der Waals surface area contributed by atoms with Crippen LogP contribution in [-0.2, 0) is 85.7 Å². The van der Waals surface area contributed by atoms with Gasteiger partial charge in [0, 0.05) is 146 Å². The number of unbranched alkanes of at least 4 members (excludes halogenated alkanes) is 9. The average molecular weight is 1480 g/mol. The van der Waals surface area contributed by atoms with Crippen LogP contribution in [0, 0.1) is 23.2 Å². The van der Waals surface area contributed by atoms with Crippen LogP contribution in [0.25, 0.3) is 0 Å². The molecule has 29 heteroatoms. The number of hydrogen-bond acceptors (Lipinski definition) is 27. The molecule has 29 nitrogen and oxygen atoms in total. The number of rotatable bonds is 65. The number of carbonyl (C=O) groups excluding carboxylic acids is 7. The minimum Gasteiger partial charge on any atom is -0.394 e. The summed E-state index contributed by atoms with van der Waals surface area (Å²) < 4.78 is 64.0. The molecule has 3 rings (SSSR count). The molecule has 0 radical (unpaired) electrons. The van der Waals surface area contributed by atoms with Gasteiger partial charge in [-0.1, -0.05) is 53.4 Å². The van der Waals surface area contributed by atoms with E-state index in [1.165, 1.54) is 0 Å². The highest BCUT2D eigenvalue weighted by molar-refractivity contribution is 5.80. The Morgan fingerprint density at radius 2 is 0.650 bits per heavy atom. The summed E-state index contributed by atoms with van der Waals surface area (Å²) in [6.45, 7) is 8.97. The number of amides is 2.